The summed E-state index contributed by atoms with van der Waals surface area (Å²) in [6, 6.07) is -0.867. The van der Waals surface area contributed by atoms with Crippen LogP contribution in [-0.4, -0.2) is 47.5 Å². The molecule has 116 valence electrons. The molecule has 0 fully saturated rings. The van der Waals surface area contributed by atoms with Crippen molar-refractivity contribution in [2.45, 2.75) is 39.7 Å². The van der Waals surface area contributed by atoms with E-state index in [1.807, 2.05) is 6.26 Å². The van der Waals surface area contributed by atoms with Gasteiger partial charge in [-0.05, 0) is 18.4 Å². The summed E-state index contributed by atoms with van der Waals surface area (Å²) in [4.78, 5) is 34.2. The highest BCUT2D eigenvalue weighted by atomic mass is 32.2. The van der Waals surface area contributed by atoms with E-state index in [1.165, 1.54) is 11.8 Å². The predicted molar refractivity (Wildman–Crippen MR) is 79.6 cm³/mol. The molecule has 0 aromatic carbocycles. The van der Waals surface area contributed by atoms with Gasteiger partial charge < -0.3 is 15.7 Å². The van der Waals surface area contributed by atoms with E-state index in [-0.39, 0.29) is 24.8 Å². The molecule has 0 heterocycles. The van der Waals surface area contributed by atoms with Gasteiger partial charge in [0.25, 0.3) is 0 Å². The largest absolute Gasteiger partial charge is 0.480 e. The van der Waals surface area contributed by atoms with Crippen LogP contribution in [-0.2, 0) is 14.4 Å². The fraction of sp³-hybridized carbons (Fsp3) is 0.769. The minimum atomic E-state index is -1.04. The number of carboxylic acids is 1. The molecular weight excluding hydrogens is 280 g/mol. The number of hydrogen-bond acceptors (Lipinski definition) is 4. The summed E-state index contributed by atoms with van der Waals surface area (Å²) in [6.45, 7) is 5.55. The molecule has 0 aliphatic carbocycles. The van der Waals surface area contributed by atoms with E-state index >= 15 is 0 Å². The van der Waals surface area contributed by atoms with Crippen molar-refractivity contribution in [3.05, 3.63) is 0 Å². The molecule has 3 N–H and O–H groups in total. The molecule has 20 heavy (non-hydrogen) atoms. The van der Waals surface area contributed by atoms with Gasteiger partial charge in [0, 0.05) is 18.4 Å². The lowest BCUT2D eigenvalue weighted by Crippen LogP contribution is -2.43. The lowest BCUT2D eigenvalue weighted by atomic mass is 9.96. The molecule has 6 nitrogen and oxygen atoms in total. The van der Waals surface area contributed by atoms with Gasteiger partial charge in [-0.2, -0.15) is 11.8 Å². The highest BCUT2D eigenvalue weighted by Crippen LogP contribution is 2.12. The third kappa shape index (κ3) is 8.04. The second kappa shape index (κ2) is 8.84. The molecule has 0 saturated carbocycles. The number of aliphatic carboxylic acids is 1. The van der Waals surface area contributed by atoms with Crippen LogP contribution in [0.1, 0.15) is 33.6 Å². The van der Waals surface area contributed by atoms with Gasteiger partial charge in [-0.25, -0.2) is 4.79 Å². The van der Waals surface area contributed by atoms with E-state index in [1.54, 1.807) is 20.8 Å². The minimum absolute atomic E-state index is 0.0743. The number of carboxylic acid groups (broad SMARTS) is 1. The van der Waals surface area contributed by atoms with Crippen molar-refractivity contribution in [2.24, 2.45) is 5.41 Å². The number of nitrogens with one attached hydrogen (secondary N) is 2. The summed E-state index contributed by atoms with van der Waals surface area (Å²) in [5, 5.41) is 14.1. The Bertz CT molecular complexity index is 353. The normalized spacial score (nSPS) is 12.6. The van der Waals surface area contributed by atoms with Gasteiger partial charge in [0.05, 0.1) is 0 Å². The van der Waals surface area contributed by atoms with Crippen LogP contribution in [0, 0.1) is 5.41 Å². The average Bonchev–Trinajstić information content (AvgIpc) is 2.32. The lowest BCUT2D eigenvalue weighted by Gasteiger charge is -2.18. The van der Waals surface area contributed by atoms with E-state index in [0.717, 1.165) is 0 Å². The van der Waals surface area contributed by atoms with Crippen molar-refractivity contribution in [1.29, 1.82) is 0 Å². The Labute approximate surface area is 124 Å². The van der Waals surface area contributed by atoms with E-state index in [4.69, 9.17) is 5.11 Å². The topological polar surface area (TPSA) is 95.5 Å². The van der Waals surface area contributed by atoms with E-state index in [9.17, 15) is 14.4 Å². The van der Waals surface area contributed by atoms with Crippen LogP contribution in [0.5, 0.6) is 0 Å². The fourth-order valence-corrected chi connectivity index (χ4v) is 1.79. The van der Waals surface area contributed by atoms with Crippen molar-refractivity contribution in [3.63, 3.8) is 0 Å². The molecule has 0 aliphatic heterocycles. The molecule has 0 rings (SSSR count). The Balaban J connectivity index is 4.08. The van der Waals surface area contributed by atoms with Crippen LogP contribution in [0.2, 0.25) is 0 Å². The Kier molecular flexibility index (Phi) is 8.29. The number of rotatable bonds is 8. The first kappa shape index (κ1) is 18.8. The monoisotopic (exact) mass is 304 g/mol. The van der Waals surface area contributed by atoms with Crippen molar-refractivity contribution in [3.8, 4) is 0 Å². The average molecular weight is 304 g/mol. The summed E-state index contributed by atoms with van der Waals surface area (Å²) in [5.41, 5.74) is -0.502. The van der Waals surface area contributed by atoms with Crippen LogP contribution >= 0.6 is 11.8 Å². The summed E-state index contributed by atoms with van der Waals surface area (Å²) in [7, 11) is 0. The number of carbonyl (C=O) groups excluding carboxylic acids is 2. The van der Waals surface area contributed by atoms with Crippen LogP contribution in [0.3, 0.4) is 0 Å². The predicted octanol–water partition coefficient (Wildman–Crippen LogP) is 0.861. The third-order valence-corrected chi connectivity index (χ3v) is 3.21. The van der Waals surface area contributed by atoms with Crippen LogP contribution < -0.4 is 10.6 Å². The van der Waals surface area contributed by atoms with Crippen LogP contribution in [0.4, 0.5) is 0 Å². The molecular formula is C13H24N2O4S. The smallest absolute Gasteiger partial charge is 0.326 e. The highest BCUT2D eigenvalue weighted by Gasteiger charge is 2.22. The second-order valence-electron chi connectivity index (χ2n) is 5.50. The molecule has 0 aromatic heterocycles. The SMILES string of the molecule is CSCC[C@H](NC(=O)CCNC(=O)C(C)(C)C)C(=O)O. The van der Waals surface area contributed by atoms with E-state index in [2.05, 4.69) is 10.6 Å². The molecule has 0 radical (unpaired) electrons. The van der Waals surface area contributed by atoms with Gasteiger partial charge in [0.15, 0.2) is 0 Å². The second-order valence-corrected chi connectivity index (χ2v) is 6.48. The quantitative estimate of drug-likeness (QED) is 0.618. The zero-order valence-corrected chi connectivity index (χ0v) is 13.3. The number of amides is 2. The Morgan fingerprint density at radius 2 is 1.85 bits per heavy atom. The van der Waals surface area contributed by atoms with Crippen molar-refractivity contribution >= 4 is 29.5 Å². The summed E-state index contributed by atoms with van der Waals surface area (Å²) in [6.07, 6.45) is 2.34. The molecule has 0 saturated heterocycles. The molecule has 0 unspecified atom stereocenters. The molecule has 0 bridgehead atoms. The Morgan fingerprint density at radius 1 is 1.25 bits per heavy atom. The maximum atomic E-state index is 11.6. The molecule has 2 amide bonds. The zero-order valence-electron chi connectivity index (χ0n) is 12.5. The number of thioether (sulfide) groups is 1. The van der Waals surface area contributed by atoms with Gasteiger partial charge in [0.1, 0.15) is 6.04 Å². The highest BCUT2D eigenvalue weighted by molar-refractivity contribution is 7.98. The van der Waals surface area contributed by atoms with Crippen molar-refractivity contribution < 1.29 is 19.5 Å². The fourth-order valence-electron chi connectivity index (χ4n) is 1.31. The Hall–Kier alpha value is -1.24. The van der Waals surface area contributed by atoms with Crippen LogP contribution in [0.15, 0.2) is 0 Å². The zero-order chi connectivity index (χ0) is 15.8. The first-order chi connectivity index (χ1) is 9.18. The van der Waals surface area contributed by atoms with Crippen molar-refractivity contribution in [1.82, 2.24) is 10.6 Å². The lowest BCUT2D eigenvalue weighted by molar-refractivity contribution is -0.142. The third-order valence-electron chi connectivity index (χ3n) is 2.56. The summed E-state index contributed by atoms with van der Waals surface area (Å²) < 4.78 is 0. The molecule has 7 heteroatoms. The summed E-state index contributed by atoms with van der Waals surface area (Å²) in [5.74, 6) is -0.876. The number of hydrogen-bond donors (Lipinski definition) is 3. The molecule has 0 aromatic rings. The molecule has 0 spiro atoms. The van der Waals surface area contributed by atoms with Crippen LogP contribution in [0.25, 0.3) is 0 Å². The van der Waals surface area contributed by atoms with Gasteiger partial charge in [-0.3, -0.25) is 9.59 Å². The number of carbonyl (C=O) groups is 3. The van der Waals surface area contributed by atoms with Gasteiger partial charge in [-0.1, -0.05) is 20.8 Å². The first-order valence-electron chi connectivity index (χ1n) is 6.48. The maximum absolute atomic E-state index is 11.6. The van der Waals surface area contributed by atoms with Gasteiger partial charge in [-0.15, -0.1) is 0 Å². The molecule has 0 aliphatic rings. The molecule has 1 atom stereocenters. The maximum Gasteiger partial charge on any atom is 0.326 e. The first-order valence-corrected chi connectivity index (χ1v) is 7.87. The van der Waals surface area contributed by atoms with E-state index < -0.39 is 17.4 Å². The van der Waals surface area contributed by atoms with Gasteiger partial charge in [0.2, 0.25) is 11.8 Å². The van der Waals surface area contributed by atoms with Gasteiger partial charge >= 0.3 is 5.97 Å². The van der Waals surface area contributed by atoms with Crippen molar-refractivity contribution in [2.75, 3.05) is 18.6 Å². The standard InChI is InChI=1S/C13H24N2O4S/c1-13(2,3)12(19)14-7-5-10(16)15-9(11(17)18)6-8-20-4/h9H,5-8H2,1-4H3,(H,14,19)(H,15,16)(H,17,18)/t9-/m0/s1. The minimum Gasteiger partial charge on any atom is -0.480 e. The Morgan fingerprint density at radius 3 is 2.30 bits per heavy atom. The van der Waals surface area contributed by atoms with E-state index in [0.29, 0.717) is 12.2 Å². The summed E-state index contributed by atoms with van der Waals surface area (Å²) >= 11 is 1.53.